The molecule has 8 nitrogen and oxygen atoms in total. The molecule has 1 amide bonds. The Morgan fingerprint density at radius 2 is 1.61 bits per heavy atom. The molecule has 0 aromatic carbocycles. The van der Waals surface area contributed by atoms with E-state index in [1.807, 2.05) is 67.0 Å². The molecule has 4 aromatic heterocycles. The summed E-state index contributed by atoms with van der Waals surface area (Å²) < 4.78 is 6.59. The lowest BCUT2D eigenvalue weighted by atomic mass is 10.2. The molecule has 1 N–H and O–H groups in total. The van der Waals surface area contributed by atoms with E-state index >= 15 is 0 Å². The SMILES string of the molecule is Cc1nn(Cc2csc(C(=O)Nc3c(C)nn(Cn4nc(C)c(Br)c4C)c3C)c2)c(C)c1Cl. The molecule has 174 valence electrons. The number of amides is 1. The van der Waals surface area contributed by atoms with Crippen LogP contribution in [0.15, 0.2) is 15.9 Å². The van der Waals surface area contributed by atoms with E-state index in [0.717, 1.165) is 49.9 Å². The number of carbonyl (C=O) groups is 1. The van der Waals surface area contributed by atoms with Crippen molar-refractivity contribution in [1.82, 2.24) is 29.3 Å². The maximum Gasteiger partial charge on any atom is 0.265 e. The van der Waals surface area contributed by atoms with Gasteiger partial charge in [0.25, 0.3) is 5.91 Å². The van der Waals surface area contributed by atoms with Crippen LogP contribution in [0.4, 0.5) is 5.69 Å². The lowest BCUT2D eigenvalue weighted by Crippen LogP contribution is -2.15. The number of thiophene rings is 1. The number of rotatable bonds is 6. The molecule has 0 radical (unpaired) electrons. The zero-order chi connectivity index (χ0) is 24.0. The maximum absolute atomic E-state index is 13.0. The van der Waals surface area contributed by atoms with Crippen molar-refractivity contribution in [3.63, 3.8) is 0 Å². The van der Waals surface area contributed by atoms with E-state index in [4.69, 9.17) is 11.6 Å². The van der Waals surface area contributed by atoms with Gasteiger partial charge in [-0.2, -0.15) is 15.3 Å². The van der Waals surface area contributed by atoms with Crippen LogP contribution in [0.5, 0.6) is 0 Å². The van der Waals surface area contributed by atoms with E-state index in [9.17, 15) is 4.79 Å². The Hall–Kier alpha value is -2.43. The van der Waals surface area contributed by atoms with E-state index in [-0.39, 0.29) is 5.91 Å². The fourth-order valence-electron chi connectivity index (χ4n) is 3.71. The molecule has 0 aliphatic rings. The summed E-state index contributed by atoms with van der Waals surface area (Å²) in [4.78, 5) is 13.6. The fraction of sp³-hybridized carbons (Fsp3) is 0.364. The highest BCUT2D eigenvalue weighted by Crippen LogP contribution is 2.25. The monoisotopic (exact) mass is 549 g/mol. The molecule has 0 spiro atoms. The number of anilines is 1. The normalized spacial score (nSPS) is 11.4. The summed E-state index contributed by atoms with van der Waals surface area (Å²) in [5, 5.41) is 19.3. The van der Waals surface area contributed by atoms with E-state index < -0.39 is 0 Å². The summed E-state index contributed by atoms with van der Waals surface area (Å²) >= 11 is 11.2. The number of nitrogens with zero attached hydrogens (tertiary/aromatic N) is 6. The van der Waals surface area contributed by atoms with Gasteiger partial charge in [-0.25, -0.2) is 9.36 Å². The first-order valence-corrected chi connectivity index (χ1v) is 12.4. The van der Waals surface area contributed by atoms with E-state index in [2.05, 4.69) is 36.5 Å². The Morgan fingerprint density at radius 3 is 2.21 bits per heavy atom. The number of hydrogen-bond donors (Lipinski definition) is 1. The molecular weight excluding hydrogens is 526 g/mol. The number of aryl methyl sites for hydroxylation is 3. The molecule has 0 saturated carbocycles. The molecule has 4 aromatic rings. The van der Waals surface area contributed by atoms with Crippen molar-refractivity contribution in [1.29, 1.82) is 0 Å². The third kappa shape index (κ3) is 4.51. The highest BCUT2D eigenvalue weighted by molar-refractivity contribution is 9.10. The maximum atomic E-state index is 13.0. The van der Waals surface area contributed by atoms with Crippen molar-refractivity contribution >= 4 is 50.5 Å². The number of nitrogens with one attached hydrogen (secondary N) is 1. The second-order valence-electron chi connectivity index (χ2n) is 8.09. The van der Waals surface area contributed by atoms with Crippen LogP contribution in [0.3, 0.4) is 0 Å². The zero-order valence-corrected chi connectivity index (χ0v) is 22.5. The van der Waals surface area contributed by atoms with Crippen LogP contribution in [-0.2, 0) is 13.2 Å². The van der Waals surface area contributed by atoms with Gasteiger partial charge in [0.1, 0.15) is 6.67 Å². The van der Waals surface area contributed by atoms with Crippen LogP contribution < -0.4 is 5.32 Å². The topological polar surface area (TPSA) is 82.6 Å². The predicted octanol–water partition coefficient (Wildman–Crippen LogP) is 5.41. The van der Waals surface area contributed by atoms with Crippen molar-refractivity contribution in [2.45, 2.75) is 54.8 Å². The summed E-state index contributed by atoms with van der Waals surface area (Å²) in [6.45, 7) is 12.7. The van der Waals surface area contributed by atoms with E-state index in [0.29, 0.717) is 23.1 Å². The minimum absolute atomic E-state index is 0.155. The molecule has 4 heterocycles. The van der Waals surface area contributed by atoms with E-state index in [1.54, 1.807) is 0 Å². The Kier molecular flexibility index (Phi) is 6.52. The molecule has 0 bridgehead atoms. The molecule has 0 atom stereocenters. The number of halogens is 2. The van der Waals surface area contributed by atoms with Crippen LogP contribution in [-0.4, -0.2) is 35.2 Å². The van der Waals surface area contributed by atoms with Gasteiger partial charge >= 0.3 is 0 Å². The Labute approximate surface area is 209 Å². The Bertz CT molecular complexity index is 1360. The molecule has 33 heavy (non-hydrogen) atoms. The minimum atomic E-state index is -0.155. The van der Waals surface area contributed by atoms with Gasteiger partial charge in [-0.15, -0.1) is 11.3 Å². The van der Waals surface area contributed by atoms with Crippen molar-refractivity contribution in [3.8, 4) is 0 Å². The summed E-state index contributed by atoms with van der Waals surface area (Å²) in [6.07, 6.45) is 0. The van der Waals surface area contributed by atoms with Crippen LogP contribution in [0.2, 0.25) is 5.02 Å². The lowest BCUT2D eigenvalue weighted by Gasteiger charge is -2.08. The molecular formula is C22H25BrClN7OS. The molecule has 0 fully saturated rings. The highest BCUT2D eigenvalue weighted by Gasteiger charge is 2.19. The molecule has 0 aliphatic carbocycles. The van der Waals surface area contributed by atoms with Gasteiger partial charge in [-0.1, -0.05) is 11.6 Å². The number of aromatic nitrogens is 6. The average Bonchev–Trinajstić information content (AvgIpc) is 3.47. The van der Waals surface area contributed by atoms with Gasteiger partial charge in [-0.3, -0.25) is 9.48 Å². The summed E-state index contributed by atoms with van der Waals surface area (Å²) in [5.74, 6) is -0.155. The average molecular weight is 551 g/mol. The molecule has 0 saturated heterocycles. The Balaban J connectivity index is 1.50. The highest BCUT2D eigenvalue weighted by atomic mass is 79.9. The smallest absolute Gasteiger partial charge is 0.265 e. The first kappa shape index (κ1) is 23.7. The molecule has 11 heteroatoms. The largest absolute Gasteiger partial charge is 0.318 e. The van der Waals surface area contributed by atoms with Gasteiger partial charge in [0.05, 0.1) is 60.8 Å². The van der Waals surface area contributed by atoms with Crippen molar-refractivity contribution in [2.24, 2.45) is 0 Å². The van der Waals surface area contributed by atoms with Crippen LogP contribution in [0.25, 0.3) is 0 Å². The minimum Gasteiger partial charge on any atom is -0.318 e. The van der Waals surface area contributed by atoms with Gasteiger partial charge in [-0.05, 0) is 74.5 Å². The van der Waals surface area contributed by atoms with Crippen LogP contribution in [0, 0.1) is 41.5 Å². The Morgan fingerprint density at radius 1 is 0.970 bits per heavy atom. The third-order valence-corrected chi connectivity index (χ3v) is 8.36. The van der Waals surface area contributed by atoms with Crippen molar-refractivity contribution in [2.75, 3.05) is 5.32 Å². The second-order valence-corrected chi connectivity index (χ2v) is 10.2. The molecule has 4 rings (SSSR count). The van der Waals surface area contributed by atoms with E-state index in [1.165, 1.54) is 11.3 Å². The zero-order valence-electron chi connectivity index (χ0n) is 19.3. The summed E-state index contributed by atoms with van der Waals surface area (Å²) in [7, 11) is 0. The summed E-state index contributed by atoms with van der Waals surface area (Å²) in [5.41, 5.74) is 7.04. The quantitative estimate of drug-likeness (QED) is 0.348. The number of carbonyl (C=O) groups excluding carboxylic acids is 1. The number of hydrogen-bond acceptors (Lipinski definition) is 5. The second kappa shape index (κ2) is 9.08. The lowest BCUT2D eigenvalue weighted by molar-refractivity contribution is 0.103. The molecule has 0 unspecified atom stereocenters. The first-order chi connectivity index (χ1) is 15.6. The van der Waals surface area contributed by atoms with Gasteiger partial charge < -0.3 is 5.32 Å². The first-order valence-electron chi connectivity index (χ1n) is 10.4. The van der Waals surface area contributed by atoms with Gasteiger partial charge in [0.15, 0.2) is 0 Å². The molecule has 0 aliphatic heterocycles. The van der Waals surface area contributed by atoms with Crippen molar-refractivity contribution in [3.05, 3.63) is 65.5 Å². The standard InChI is InChI=1S/C22H25BrClN7OS/c1-11-19(23)14(4)30(26-11)10-31-16(6)21(13(3)28-31)25-22(32)18-7-17(9-33-18)8-29-15(5)20(24)12(2)27-29/h7,9H,8,10H2,1-6H3,(H,25,32). The third-order valence-electron chi connectivity index (χ3n) is 5.68. The van der Waals surface area contributed by atoms with Crippen LogP contribution >= 0.6 is 38.9 Å². The van der Waals surface area contributed by atoms with Gasteiger partial charge in [0.2, 0.25) is 0 Å². The van der Waals surface area contributed by atoms with Crippen LogP contribution in [0.1, 0.15) is 49.4 Å². The predicted molar refractivity (Wildman–Crippen MR) is 135 cm³/mol. The van der Waals surface area contributed by atoms with Crippen molar-refractivity contribution < 1.29 is 4.79 Å². The summed E-state index contributed by atoms with van der Waals surface area (Å²) in [6, 6.07) is 1.90. The van der Waals surface area contributed by atoms with Gasteiger partial charge in [0, 0.05) is 0 Å². The fourth-order valence-corrected chi connectivity index (χ4v) is 4.93.